The Morgan fingerprint density at radius 3 is 2.60 bits per heavy atom. The lowest BCUT2D eigenvalue weighted by atomic mass is 10.2. The molecule has 0 saturated carbocycles. The summed E-state index contributed by atoms with van der Waals surface area (Å²) in [4.78, 5) is 2.54. The summed E-state index contributed by atoms with van der Waals surface area (Å²) in [6.45, 7) is 10.3. The topological polar surface area (TPSA) is 15.3 Å². The standard InChI is InChI=1S/C8H18N2/c1-7(2)10-5-4-9-6-8(10)3/h7-9H,4-6H2,1-3H3/t8-/m1/s1. The minimum absolute atomic E-state index is 0.706. The van der Waals surface area contributed by atoms with Gasteiger partial charge in [-0.05, 0) is 20.8 Å². The van der Waals surface area contributed by atoms with Crippen molar-refractivity contribution in [2.45, 2.75) is 32.9 Å². The molecule has 10 heavy (non-hydrogen) atoms. The minimum atomic E-state index is 0.706. The van der Waals surface area contributed by atoms with Gasteiger partial charge in [0.05, 0.1) is 0 Å². The first-order chi connectivity index (χ1) is 4.72. The highest BCUT2D eigenvalue weighted by molar-refractivity contribution is 4.77. The van der Waals surface area contributed by atoms with E-state index in [1.165, 1.54) is 6.54 Å². The summed E-state index contributed by atoms with van der Waals surface area (Å²) in [5.41, 5.74) is 0. The molecule has 0 bridgehead atoms. The summed E-state index contributed by atoms with van der Waals surface area (Å²) >= 11 is 0. The predicted molar refractivity (Wildman–Crippen MR) is 44.2 cm³/mol. The third-order valence-corrected chi connectivity index (χ3v) is 2.22. The molecule has 1 heterocycles. The summed E-state index contributed by atoms with van der Waals surface area (Å²) in [7, 11) is 0. The summed E-state index contributed by atoms with van der Waals surface area (Å²) in [5, 5.41) is 3.38. The molecule has 60 valence electrons. The van der Waals surface area contributed by atoms with Crippen LogP contribution < -0.4 is 5.32 Å². The van der Waals surface area contributed by atoms with Crippen LogP contribution in [-0.4, -0.2) is 36.6 Å². The zero-order valence-electron chi connectivity index (χ0n) is 7.22. The molecule has 1 saturated heterocycles. The average Bonchev–Trinajstić information content (AvgIpc) is 1.88. The van der Waals surface area contributed by atoms with Crippen molar-refractivity contribution in [1.82, 2.24) is 10.2 Å². The van der Waals surface area contributed by atoms with Crippen LogP contribution in [0.1, 0.15) is 20.8 Å². The molecule has 0 aliphatic carbocycles. The van der Waals surface area contributed by atoms with Gasteiger partial charge in [0.15, 0.2) is 0 Å². The van der Waals surface area contributed by atoms with Gasteiger partial charge < -0.3 is 5.32 Å². The largest absolute Gasteiger partial charge is 0.314 e. The fourth-order valence-electron chi connectivity index (χ4n) is 1.62. The monoisotopic (exact) mass is 142 g/mol. The van der Waals surface area contributed by atoms with E-state index in [1.807, 2.05) is 0 Å². The highest BCUT2D eigenvalue weighted by Crippen LogP contribution is 2.06. The minimum Gasteiger partial charge on any atom is -0.314 e. The third-order valence-electron chi connectivity index (χ3n) is 2.22. The number of hydrogen-bond acceptors (Lipinski definition) is 2. The van der Waals surface area contributed by atoms with Gasteiger partial charge in [-0.3, -0.25) is 4.90 Å². The smallest absolute Gasteiger partial charge is 0.0195 e. The number of rotatable bonds is 1. The van der Waals surface area contributed by atoms with E-state index < -0.39 is 0 Å². The summed E-state index contributed by atoms with van der Waals surface area (Å²) < 4.78 is 0. The van der Waals surface area contributed by atoms with Gasteiger partial charge in [-0.2, -0.15) is 0 Å². The molecule has 2 nitrogen and oxygen atoms in total. The van der Waals surface area contributed by atoms with Gasteiger partial charge in [0, 0.05) is 31.7 Å². The maximum absolute atomic E-state index is 3.38. The van der Waals surface area contributed by atoms with Gasteiger partial charge in [0.25, 0.3) is 0 Å². The molecule has 1 fully saturated rings. The Morgan fingerprint density at radius 1 is 1.50 bits per heavy atom. The van der Waals surface area contributed by atoms with Crippen molar-refractivity contribution in [2.24, 2.45) is 0 Å². The Balaban J connectivity index is 2.40. The third kappa shape index (κ3) is 1.70. The van der Waals surface area contributed by atoms with Crippen LogP contribution in [0.2, 0.25) is 0 Å². The number of nitrogens with one attached hydrogen (secondary N) is 1. The van der Waals surface area contributed by atoms with Crippen molar-refractivity contribution in [3.05, 3.63) is 0 Å². The second-order valence-electron chi connectivity index (χ2n) is 3.38. The lowest BCUT2D eigenvalue weighted by molar-refractivity contribution is 0.135. The van der Waals surface area contributed by atoms with E-state index in [-0.39, 0.29) is 0 Å². The fraction of sp³-hybridized carbons (Fsp3) is 1.00. The molecule has 1 aliphatic rings. The molecule has 0 aromatic rings. The maximum atomic E-state index is 3.38. The molecule has 1 rings (SSSR count). The van der Waals surface area contributed by atoms with Gasteiger partial charge in [0.1, 0.15) is 0 Å². The van der Waals surface area contributed by atoms with E-state index in [1.54, 1.807) is 0 Å². The zero-order valence-corrected chi connectivity index (χ0v) is 7.22. The molecular weight excluding hydrogens is 124 g/mol. The summed E-state index contributed by atoms with van der Waals surface area (Å²) in [6, 6.07) is 1.42. The quantitative estimate of drug-likeness (QED) is 0.579. The fourth-order valence-corrected chi connectivity index (χ4v) is 1.62. The van der Waals surface area contributed by atoms with Gasteiger partial charge in [0.2, 0.25) is 0 Å². The first kappa shape index (κ1) is 8.02. The average molecular weight is 142 g/mol. The van der Waals surface area contributed by atoms with Crippen LogP contribution in [0.25, 0.3) is 0 Å². The van der Waals surface area contributed by atoms with E-state index in [2.05, 4.69) is 31.0 Å². The summed E-state index contributed by atoms with van der Waals surface area (Å²) in [5.74, 6) is 0. The van der Waals surface area contributed by atoms with Crippen molar-refractivity contribution >= 4 is 0 Å². The maximum Gasteiger partial charge on any atom is 0.0195 e. The van der Waals surface area contributed by atoms with Gasteiger partial charge >= 0.3 is 0 Å². The molecular formula is C8H18N2. The molecule has 1 aliphatic heterocycles. The van der Waals surface area contributed by atoms with Crippen LogP contribution in [0.3, 0.4) is 0 Å². The van der Waals surface area contributed by atoms with Gasteiger partial charge in [-0.25, -0.2) is 0 Å². The first-order valence-electron chi connectivity index (χ1n) is 4.18. The van der Waals surface area contributed by atoms with Crippen LogP contribution in [0.4, 0.5) is 0 Å². The molecule has 0 amide bonds. The van der Waals surface area contributed by atoms with Crippen molar-refractivity contribution in [3.63, 3.8) is 0 Å². The normalized spacial score (nSPS) is 29.4. The Labute approximate surface area is 63.6 Å². The second-order valence-corrected chi connectivity index (χ2v) is 3.38. The first-order valence-corrected chi connectivity index (χ1v) is 4.18. The van der Waals surface area contributed by atoms with Crippen LogP contribution >= 0.6 is 0 Å². The van der Waals surface area contributed by atoms with Crippen LogP contribution in [0.15, 0.2) is 0 Å². The lowest BCUT2D eigenvalue weighted by Crippen LogP contribution is -2.52. The molecule has 1 N–H and O–H groups in total. The SMILES string of the molecule is CC(C)N1CCNC[C@H]1C. The zero-order chi connectivity index (χ0) is 7.56. The van der Waals surface area contributed by atoms with Crippen molar-refractivity contribution in [3.8, 4) is 0 Å². The Hall–Kier alpha value is -0.0800. The molecule has 0 radical (unpaired) electrons. The van der Waals surface area contributed by atoms with Gasteiger partial charge in [-0.15, -0.1) is 0 Å². The van der Waals surface area contributed by atoms with E-state index in [0.29, 0.717) is 12.1 Å². The van der Waals surface area contributed by atoms with Crippen LogP contribution in [0.5, 0.6) is 0 Å². The van der Waals surface area contributed by atoms with Crippen LogP contribution in [0, 0.1) is 0 Å². The number of nitrogens with zero attached hydrogens (tertiary/aromatic N) is 1. The van der Waals surface area contributed by atoms with Gasteiger partial charge in [-0.1, -0.05) is 0 Å². The van der Waals surface area contributed by atoms with E-state index >= 15 is 0 Å². The van der Waals surface area contributed by atoms with Crippen molar-refractivity contribution < 1.29 is 0 Å². The van der Waals surface area contributed by atoms with Crippen molar-refractivity contribution in [2.75, 3.05) is 19.6 Å². The lowest BCUT2D eigenvalue weighted by Gasteiger charge is -2.36. The Bertz CT molecular complexity index is 101. The second kappa shape index (κ2) is 3.35. The molecule has 0 aromatic carbocycles. The Morgan fingerprint density at radius 2 is 2.20 bits per heavy atom. The van der Waals surface area contributed by atoms with E-state index in [9.17, 15) is 0 Å². The Kier molecular flexibility index (Phi) is 2.69. The molecule has 0 unspecified atom stereocenters. The molecule has 1 atom stereocenters. The van der Waals surface area contributed by atoms with Crippen molar-refractivity contribution in [1.29, 1.82) is 0 Å². The predicted octanol–water partition coefficient (Wildman–Crippen LogP) is 0.689. The molecule has 0 spiro atoms. The molecule has 0 aromatic heterocycles. The number of piperazine rings is 1. The highest BCUT2D eigenvalue weighted by atomic mass is 15.2. The van der Waals surface area contributed by atoms with E-state index in [4.69, 9.17) is 0 Å². The molecule has 2 heteroatoms. The summed E-state index contributed by atoms with van der Waals surface area (Å²) in [6.07, 6.45) is 0. The highest BCUT2D eigenvalue weighted by Gasteiger charge is 2.19. The van der Waals surface area contributed by atoms with Crippen LogP contribution in [-0.2, 0) is 0 Å². The van der Waals surface area contributed by atoms with E-state index in [0.717, 1.165) is 13.1 Å². The number of hydrogen-bond donors (Lipinski definition) is 1.